The molecule has 7 nitrogen and oxygen atoms in total. The molecule has 2 unspecified atom stereocenters. The lowest BCUT2D eigenvalue weighted by Gasteiger charge is -2.25. The van der Waals surface area contributed by atoms with Crippen molar-refractivity contribution in [3.05, 3.63) is 53.4 Å². The molecule has 1 aromatic carbocycles. The van der Waals surface area contributed by atoms with Crippen molar-refractivity contribution in [2.45, 2.75) is 19.3 Å². The average molecular weight is 339 g/mol. The van der Waals surface area contributed by atoms with E-state index in [1.165, 1.54) is 6.07 Å². The summed E-state index contributed by atoms with van der Waals surface area (Å²) in [6, 6.07) is 6.58. The minimum absolute atomic E-state index is 0.0182. The van der Waals surface area contributed by atoms with Gasteiger partial charge in [-0.3, -0.25) is 9.88 Å². The molecular formula is C15H18NO6P. The molecule has 1 aliphatic rings. The molecule has 0 bridgehead atoms. The number of aliphatic hydroxyl groups is 1. The molecule has 23 heavy (non-hydrogen) atoms. The molecule has 5 N–H and O–H groups in total. The number of benzene rings is 1. The van der Waals surface area contributed by atoms with E-state index in [1.807, 2.05) is 12.0 Å². The van der Waals surface area contributed by atoms with E-state index in [2.05, 4.69) is 0 Å². The van der Waals surface area contributed by atoms with Crippen LogP contribution >= 0.6 is 7.75 Å². The lowest BCUT2D eigenvalue weighted by Crippen LogP contribution is -2.28. The molecule has 0 heterocycles. The van der Waals surface area contributed by atoms with E-state index in [-0.39, 0.29) is 29.5 Å². The summed E-state index contributed by atoms with van der Waals surface area (Å²) in [6.07, 6.45) is 2.44. The van der Waals surface area contributed by atoms with Crippen LogP contribution in [0.3, 0.4) is 0 Å². The Bertz CT molecular complexity index is 720. The highest BCUT2D eigenvalue weighted by Crippen LogP contribution is 2.37. The number of rotatable bonds is 5. The number of aromatic hydroxyl groups is 1. The second-order valence-electron chi connectivity index (χ2n) is 5.51. The van der Waals surface area contributed by atoms with Crippen LogP contribution in [0.5, 0.6) is 5.75 Å². The Labute approximate surface area is 133 Å². The van der Waals surface area contributed by atoms with E-state index in [9.17, 15) is 19.6 Å². The summed E-state index contributed by atoms with van der Waals surface area (Å²) in [4.78, 5) is 30.2. The molecule has 0 saturated carbocycles. The smallest absolute Gasteiger partial charge is 0.427 e. The second kappa shape index (κ2) is 6.58. The quantitative estimate of drug-likeness (QED) is 0.520. The van der Waals surface area contributed by atoms with Crippen molar-refractivity contribution in [1.82, 2.24) is 5.09 Å². The van der Waals surface area contributed by atoms with Gasteiger partial charge in [0.05, 0.1) is 5.92 Å². The number of phenolic OH excluding ortho intramolecular Hbond substituents is 1. The number of phenols is 1. The van der Waals surface area contributed by atoms with Crippen molar-refractivity contribution in [1.29, 1.82) is 0 Å². The molecule has 0 aliphatic heterocycles. The van der Waals surface area contributed by atoms with Crippen LogP contribution in [0.4, 0.5) is 0 Å². The third-order valence-electron chi connectivity index (χ3n) is 3.62. The number of carbonyl (C=O) groups is 1. The van der Waals surface area contributed by atoms with Gasteiger partial charge in [-0.1, -0.05) is 19.1 Å². The van der Waals surface area contributed by atoms with Gasteiger partial charge in [-0.05, 0) is 30.0 Å². The Hall–Kier alpha value is -2.08. The fourth-order valence-corrected chi connectivity index (χ4v) is 3.10. The van der Waals surface area contributed by atoms with Gasteiger partial charge in [-0.2, -0.15) is 0 Å². The number of hydrogen-bond acceptors (Lipinski definition) is 4. The zero-order valence-corrected chi connectivity index (χ0v) is 13.3. The van der Waals surface area contributed by atoms with Crippen molar-refractivity contribution in [2.24, 2.45) is 5.92 Å². The van der Waals surface area contributed by atoms with E-state index in [4.69, 9.17) is 9.79 Å². The summed E-state index contributed by atoms with van der Waals surface area (Å²) in [5.74, 6) is -1.64. The van der Waals surface area contributed by atoms with Crippen LogP contribution < -0.4 is 5.09 Å². The van der Waals surface area contributed by atoms with Gasteiger partial charge in [0.2, 0.25) is 0 Å². The summed E-state index contributed by atoms with van der Waals surface area (Å²) < 4.78 is 11.2. The highest BCUT2D eigenvalue weighted by Gasteiger charge is 2.31. The normalized spacial score (nSPS) is 19.8. The van der Waals surface area contributed by atoms with Crippen LogP contribution in [0.1, 0.15) is 24.8 Å². The van der Waals surface area contributed by atoms with E-state index < -0.39 is 19.4 Å². The van der Waals surface area contributed by atoms with E-state index in [1.54, 1.807) is 18.2 Å². The molecule has 0 spiro atoms. The van der Waals surface area contributed by atoms with Gasteiger partial charge in [-0.25, -0.2) is 4.57 Å². The number of ketones is 1. The highest BCUT2D eigenvalue weighted by atomic mass is 31.2. The predicted octanol–water partition coefficient (Wildman–Crippen LogP) is 2.09. The zero-order valence-electron chi connectivity index (χ0n) is 12.4. The predicted molar refractivity (Wildman–Crippen MR) is 83.6 cm³/mol. The Balaban J connectivity index is 2.23. The Morgan fingerprint density at radius 1 is 1.26 bits per heavy atom. The van der Waals surface area contributed by atoms with Crippen LogP contribution in [0.2, 0.25) is 0 Å². The number of carbonyl (C=O) groups excluding carboxylic acids is 1. The monoisotopic (exact) mass is 339 g/mol. The van der Waals surface area contributed by atoms with E-state index in [0.29, 0.717) is 0 Å². The molecule has 8 heteroatoms. The number of allylic oxidation sites excluding steroid dienone is 3. The maximum absolute atomic E-state index is 12.1. The van der Waals surface area contributed by atoms with Gasteiger partial charge in [0, 0.05) is 17.8 Å². The van der Waals surface area contributed by atoms with E-state index >= 15 is 0 Å². The molecule has 0 radical (unpaired) electrons. The van der Waals surface area contributed by atoms with Gasteiger partial charge >= 0.3 is 7.75 Å². The van der Waals surface area contributed by atoms with Crippen LogP contribution in [-0.4, -0.2) is 25.8 Å². The summed E-state index contributed by atoms with van der Waals surface area (Å²) in [5, 5.41) is 21.0. The van der Waals surface area contributed by atoms with Crippen molar-refractivity contribution in [2.75, 3.05) is 0 Å². The summed E-state index contributed by atoms with van der Waals surface area (Å²) in [6.45, 7) is 1.84. The van der Waals surface area contributed by atoms with Gasteiger partial charge in [0.1, 0.15) is 11.5 Å². The molecule has 2 rings (SSSR count). The first-order chi connectivity index (χ1) is 10.7. The third kappa shape index (κ3) is 4.69. The molecule has 1 aromatic rings. The van der Waals surface area contributed by atoms with Gasteiger partial charge < -0.3 is 20.0 Å². The molecule has 2 atom stereocenters. The molecule has 0 fully saturated rings. The van der Waals surface area contributed by atoms with Gasteiger partial charge in [-0.15, -0.1) is 0 Å². The lowest BCUT2D eigenvalue weighted by molar-refractivity contribution is -0.117. The van der Waals surface area contributed by atoms with Crippen LogP contribution in [-0.2, 0) is 9.36 Å². The molecule has 0 amide bonds. The average Bonchev–Trinajstić information content (AvgIpc) is 2.40. The molecular weight excluding hydrogens is 321 g/mol. The second-order valence-corrected chi connectivity index (χ2v) is 6.82. The topological polar surface area (TPSA) is 127 Å². The zero-order chi connectivity index (χ0) is 17.2. The standard InChI is InChI=1S/C15H18NO6P/c1-9(10-3-2-4-11(17)6-10)5-13-14(16-23(20,21)22)7-12(18)8-15(13)19/h2-4,6-9,13,17-18H,5H2,1H3,(H3,16,20,21,22). The van der Waals surface area contributed by atoms with Crippen molar-refractivity contribution >= 4 is 13.5 Å². The molecule has 0 saturated heterocycles. The van der Waals surface area contributed by atoms with Crippen molar-refractivity contribution in [3.63, 3.8) is 0 Å². The fourth-order valence-electron chi connectivity index (χ4n) is 2.54. The number of hydrogen-bond donors (Lipinski definition) is 5. The summed E-state index contributed by atoms with van der Waals surface area (Å²) >= 11 is 0. The summed E-state index contributed by atoms with van der Waals surface area (Å²) in [5.41, 5.74) is 0.780. The third-order valence-corrected chi connectivity index (χ3v) is 4.17. The first-order valence-electron chi connectivity index (χ1n) is 6.94. The lowest BCUT2D eigenvalue weighted by atomic mass is 9.84. The first kappa shape index (κ1) is 17.3. The Morgan fingerprint density at radius 2 is 1.96 bits per heavy atom. The fraction of sp³-hybridized carbons (Fsp3) is 0.267. The van der Waals surface area contributed by atoms with Gasteiger partial charge in [0.25, 0.3) is 0 Å². The van der Waals surface area contributed by atoms with Crippen LogP contribution in [0.25, 0.3) is 0 Å². The number of nitrogens with one attached hydrogen (secondary N) is 1. The van der Waals surface area contributed by atoms with Crippen LogP contribution in [0, 0.1) is 5.92 Å². The minimum Gasteiger partial charge on any atom is -0.508 e. The SMILES string of the molecule is CC(CC1C(=O)C=C(O)C=C1NP(=O)(O)O)c1cccc(O)c1. The maximum Gasteiger partial charge on any atom is 0.427 e. The summed E-state index contributed by atoms with van der Waals surface area (Å²) in [7, 11) is -4.60. The van der Waals surface area contributed by atoms with Crippen LogP contribution in [0.15, 0.2) is 47.9 Å². The molecule has 0 aromatic heterocycles. The maximum atomic E-state index is 12.1. The first-order valence-corrected chi connectivity index (χ1v) is 8.56. The van der Waals surface area contributed by atoms with E-state index in [0.717, 1.165) is 17.7 Å². The Morgan fingerprint density at radius 3 is 2.57 bits per heavy atom. The minimum atomic E-state index is -4.60. The van der Waals surface area contributed by atoms with Crippen molar-refractivity contribution in [3.8, 4) is 5.75 Å². The Kier molecular flexibility index (Phi) is 4.94. The molecule has 124 valence electrons. The number of aliphatic hydroxyl groups excluding tert-OH is 1. The van der Waals surface area contributed by atoms with Crippen molar-refractivity contribution < 1.29 is 29.4 Å². The van der Waals surface area contributed by atoms with Gasteiger partial charge in [0.15, 0.2) is 5.78 Å². The molecule has 1 aliphatic carbocycles. The highest BCUT2D eigenvalue weighted by molar-refractivity contribution is 7.49. The largest absolute Gasteiger partial charge is 0.508 e.